The molecule has 0 aliphatic carbocycles. The van der Waals surface area contributed by atoms with Gasteiger partial charge in [0.05, 0.1) is 103 Å². The molecule has 20 nitrogen and oxygen atoms in total. The smallest absolute Gasteiger partial charge is 0.292 e. The Morgan fingerprint density at radius 3 is 2.17 bits per heavy atom. The Balaban J connectivity index is 0.696. The minimum Gasteiger partial charge on any atom is -0.424 e. The molecule has 0 bridgehead atoms. The second-order valence-corrected chi connectivity index (χ2v) is 15.5. The van der Waals surface area contributed by atoms with E-state index >= 15 is 0 Å². The van der Waals surface area contributed by atoms with Crippen molar-refractivity contribution in [2.45, 2.75) is 44.3 Å². The van der Waals surface area contributed by atoms with E-state index in [4.69, 9.17) is 55.1 Å². The number of piperidine rings is 1. The van der Waals surface area contributed by atoms with Crippen molar-refractivity contribution < 1.29 is 42.4 Å². The number of benzene rings is 2. The van der Waals surface area contributed by atoms with Crippen LogP contribution in [0.4, 0.5) is 11.8 Å². The van der Waals surface area contributed by atoms with Gasteiger partial charge in [-0.3, -0.25) is 9.59 Å². The number of nitrogens with zero attached hydrogens (tertiary/aromatic N) is 6. The molecular formula is C43H59N11O9. The van der Waals surface area contributed by atoms with Gasteiger partial charge in [0, 0.05) is 25.2 Å². The molecule has 2 aromatic carbocycles. The molecule has 0 spiro atoms. The molecule has 2 aliphatic rings. The predicted molar refractivity (Wildman–Crippen MR) is 233 cm³/mol. The lowest BCUT2D eigenvalue weighted by molar-refractivity contribution is -0.133. The van der Waals surface area contributed by atoms with E-state index in [1.54, 1.807) is 6.07 Å². The normalized spacial score (nSPS) is 15.0. The average molecular weight is 874 g/mol. The maximum atomic E-state index is 13.0. The molecule has 1 saturated heterocycles. The number of carbonyl (C=O) groups excluding carboxylic acids is 2. The predicted octanol–water partition coefficient (Wildman–Crippen LogP) is 1.42. The molecule has 2 amide bonds. The van der Waals surface area contributed by atoms with Crippen LogP contribution in [0, 0.1) is 0 Å². The standard InChI is InChI=1S/C43H59N11O9/c44-39-37-38(32-3-4-35-34(26-32)51-42(45)63-35)52-54(40(37)50-29-49-39)27-30-1-2-33-28-53(12-5-31(33)25-30)36(55)6-13-57-15-17-59-19-21-61-23-24-62-22-20-60-18-16-58-14-11-48-41(56)43(46)7-9-47-10-8-43/h1-4,25-26,29,47H,5-24,27-28,46H2,(H2,45,51)(H,48,56)(H2,44,49,50). The molecular weight excluding hydrogens is 815 g/mol. The number of fused-ring (bicyclic) bond motifs is 3. The molecule has 20 heteroatoms. The molecule has 340 valence electrons. The summed E-state index contributed by atoms with van der Waals surface area (Å²) in [7, 11) is 0. The highest BCUT2D eigenvalue weighted by atomic mass is 16.6. The summed E-state index contributed by atoms with van der Waals surface area (Å²) < 4.78 is 40.6. The van der Waals surface area contributed by atoms with E-state index in [9.17, 15) is 9.59 Å². The van der Waals surface area contributed by atoms with Crippen molar-refractivity contribution in [2.75, 3.05) is 117 Å². The van der Waals surface area contributed by atoms with Crippen LogP contribution < -0.4 is 27.8 Å². The number of amides is 2. The van der Waals surface area contributed by atoms with Gasteiger partial charge in [0.2, 0.25) is 11.8 Å². The maximum absolute atomic E-state index is 13.0. The molecule has 5 heterocycles. The number of hydrogen-bond acceptors (Lipinski definition) is 17. The third-order valence-electron chi connectivity index (χ3n) is 11.0. The molecule has 1 fully saturated rings. The van der Waals surface area contributed by atoms with Crippen LogP contribution in [0.3, 0.4) is 0 Å². The van der Waals surface area contributed by atoms with E-state index in [2.05, 4.69) is 43.8 Å². The van der Waals surface area contributed by atoms with Gasteiger partial charge in [-0.1, -0.05) is 18.2 Å². The zero-order valence-electron chi connectivity index (χ0n) is 35.7. The molecule has 3 aromatic heterocycles. The Bertz CT molecular complexity index is 2260. The van der Waals surface area contributed by atoms with Crippen molar-refractivity contribution in [3.8, 4) is 11.3 Å². The minimum absolute atomic E-state index is 0.0635. The minimum atomic E-state index is -0.786. The quantitative estimate of drug-likeness (QED) is 0.0519. The molecule has 2 aliphatic heterocycles. The lowest BCUT2D eigenvalue weighted by atomic mass is 9.88. The van der Waals surface area contributed by atoms with Gasteiger partial charge in [-0.15, -0.1) is 0 Å². The zero-order valence-corrected chi connectivity index (χ0v) is 35.7. The molecule has 0 unspecified atom stereocenters. The van der Waals surface area contributed by atoms with Crippen molar-refractivity contribution in [3.05, 3.63) is 59.4 Å². The lowest BCUT2D eigenvalue weighted by Crippen LogP contribution is -2.59. The highest BCUT2D eigenvalue weighted by Crippen LogP contribution is 2.33. The van der Waals surface area contributed by atoms with Crippen molar-refractivity contribution in [1.29, 1.82) is 0 Å². The highest BCUT2D eigenvalue weighted by Gasteiger charge is 2.35. The monoisotopic (exact) mass is 873 g/mol. The summed E-state index contributed by atoms with van der Waals surface area (Å²) in [5, 5.41) is 11.6. The number of ether oxygens (including phenoxy) is 6. The van der Waals surface area contributed by atoms with Crippen molar-refractivity contribution in [2.24, 2.45) is 5.73 Å². The van der Waals surface area contributed by atoms with Crippen LogP contribution in [0.1, 0.15) is 36.0 Å². The zero-order chi connectivity index (χ0) is 43.9. The van der Waals surface area contributed by atoms with Crippen molar-refractivity contribution >= 4 is 45.8 Å². The van der Waals surface area contributed by atoms with E-state index < -0.39 is 5.54 Å². The number of nitrogens with two attached hydrogens (primary N) is 3. The average Bonchev–Trinajstić information content (AvgIpc) is 3.86. The molecule has 5 aromatic rings. The number of hydrogen-bond donors (Lipinski definition) is 5. The van der Waals surface area contributed by atoms with E-state index in [1.807, 2.05) is 21.7 Å². The van der Waals surface area contributed by atoms with Crippen LogP contribution in [0.15, 0.2) is 47.1 Å². The number of rotatable bonds is 25. The summed E-state index contributed by atoms with van der Waals surface area (Å²) in [6.07, 6.45) is 3.77. The molecule has 7 rings (SSSR count). The molecule has 0 radical (unpaired) electrons. The summed E-state index contributed by atoms with van der Waals surface area (Å²) in [5.41, 5.74) is 24.2. The second kappa shape index (κ2) is 22.9. The van der Waals surface area contributed by atoms with Gasteiger partial charge in [-0.05, 0) is 67.2 Å². The van der Waals surface area contributed by atoms with Crippen LogP contribution in [-0.2, 0) is 57.5 Å². The first-order valence-corrected chi connectivity index (χ1v) is 21.5. The molecule has 63 heavy (non-hydrogen) atoms. The van der Waals surface area contributed by atoms with E-state index in [-0.39, 0.29) is 17.8 Å². The number of anilines is 2. The number of oxazole rings is 1. The third kappa shape index (κ3) is 12.7. The maximum Gasteiger partial charge on any atom is 0.292 e. The fourth-order valence-electron chi connectivity index (χ4n) is 7.56. The Morgan fingerprint density at radius 2 is 1.48 bits per heavy atom. The summed E-state index contributed by atoms with van der Waals surface area (Å²) in [6, 6.07) is 12.0. The van der Waals surface area contributed by atoms with Crippen LogP contribution >= 0.6 is 0 Å². The number of nitrogens with one attached hydrogen (secondary N) is 2. The first-order chi connectivity index (χ1) is 30.8. The summed E-state index contributed by atoms with van der Waals surface area (Å²) in [6.45, 7) is 8.73. The van der Waals surface area contributed by atoms with E-state index in [0.717, 1.165) is 36.2 Å². The fraction of sp³-hybridized carbons (Fsp3) is 0.535. The highest BCUT2D eigenvalue weighted by molar-refractivity contribution is 5.99. The Kier molecular flexibility index (Phi) is 16.6. The number of aromatic nitrogens is 5. The summed E-state index contributed by atoms with van der Waals surface area (Å²) in [4.78, 5) is 40.2. The Hall–Kier alpha value is -5.32. The number of nitrogen functional groups attached to an aromatic ring is 2. The molecule has 8 N–H and O–H groups in total. The summed E-state index contributed by atoms with van der Waals surface area (Å²) >= 11 is 0. The SMILES string of the molecule is Nc1nc2cc(-c3nn(Cc4ccc5c(c4)CCN(C(=O)CCOCCOCCOCCOCCOCCOCCNC(=O)C4(N)CCNCC4)C5)c4ncnc(N)c34)ccc2o1. The van der Waals surface area contributed by atoms with E-state index in [0.29, 0.717) is 158 Å². The van der Waals surface area contributed by atoms with Crippen LogP contribution in [-0.4, -0.2) is 152 Å². The van der Waals surface area contributed by atoms with Crippen LogP contribution in [0.2, 0.25) is 0 Å². The van der Waals surface area contributed by atoms with Gasteiger partial charge >= 0.3 is 0 Å². The van der Waals surface area contributed by atoms with Gasteiger partial charge in [-0.2, -0.15) is 10.1 Å². The fourth-order valence-corrected chi connectivity index (χ4v) is 7.56. The summed E-state index contributed by atoms with van der Waals surface area (Å²) in [5.74, 6) is 0.283. The largest absolute Gasteiger partial charge is 0.424 e. The van der Waals surface area contributed by atoms with Gasteiger partial charge in [-0.25, -0.2) is 14.6 Å². The lowest BCUT2D eigenvalue weighted by Gasteiger charge is -2.32. The van der Waals surface area contributed by atoms with Gasteiger partial charge in [0.1, 0.15) is 23.4 Å². The van der Waals surface area contributed by atoms with Crippen molar-refractivity contribution in [1.82, 2.24) is 40.3 Å². The van der Waals surface area contributed by atoms with Gasteiger partial charge in [0.25, 0.3) is 6.01 Å². The Labute approximate surface area is 365 Å². The topological polar surface area (TPSA) is 265 Å². The first-order valence-electron chi connectivity index (χ1n) is 21.5. The van der Waals surface area contributed by atoms with Crippen molar-refractivity contribution in [3.63, 3.8) is 0 Å². The first kappa shape index (κ1) is 45.7. The number of carbonyl (C=O) groups is 2. The Morgan fingerprint density at radius 1 is 0.810 bits per heavy atom. The molecule has 0 saturated carbocycles. The second-order valence-electron chi connectivity index (χ2n) is 15.5. The molecule has 0 atom stereocenters. The van der Waals surface area contributed by atoms with E-state index in [1.165, 1.54) is 11.9 Å². The van der Waals surface area contributed by atoms with Crippen LogP contribution in [0.25, 0.3) is 33.4 Å². The van der Waals surface area contributed by atoms with Gasteiger partial charge in [0.15, 0.2) is 11.2 Å². The van der Waals surface area contributed by atoms with Gasteiger partial charge < -0.3 is 65.6 Å². The van der Waals surface area contributed by atoms with Crippen LogP contribution in [0.5, 0.6) is 0 Å². The third-order valence-corrected chi connectivity index (χ3v) is 11.0.